The fourth-order valence-corrected chi connectivity index (χ4v) is 2.44. The summed E-state index contributed by atoms with van der Waals surface area (Å²) in [7, 11) is 0. The zero-order chi connectivity index (χ0) is 15.2. The molecule has 1 atom stereocenters. The van der Waals surface area contributed by atoms with Gasteiger partial charge in [0.05, 0.1) is 11.7 Å². The van der Waals surface area contributed by atoms with Gasteiger partial charge in [-0.15, -0.1) is 24.8 Å². The number of rotatable bonds is 5. The van der Waals surface area contributed by atoms with Gasteiger partial charge in [-0.3, -0.25) is 9.78 Å². The Hall–Kier alpha value is -1.82. The molecule has 5 nitrogen and oxygen atoms in total. The molecule has 0 radical (unpaired) electrons. The molecule has 7 heteroatoms. The van der Waals surface area contributed by atoms with Crippen LogP contribution in [0.1, 0.15) is 18.5 Å². The molecule has 1 unspecified atom stereocenters. The minimum atomic E-state index is -0.0851. The molecule has 1 aliphatic heterocycles. The van der Waals surface area contributed by atoms with Crippen molar-refractivity contribution in [3.8, 4) is 5.75 Å². The van der Waals surface area contributed by atoms with Gasteiger partial charge >= 0.3 is 0 Å². The number of nitrogens with one attached hydrogen (secondary N) is 2. The van der Waals surface area contributed by atoms with Gasteiger partial charge in [0.25, 0.3) is 0 Å². The van der Waals surface area contributed by atoms with E-state index in [1.165, 1.54) is 0 Å². The quantitative estimate of drug-likeness (QED) is 0.849. The van der Waals surface area contributed by atoms with Crippen molar-refractivity contribution in [1.29, 1.82) is 0 Å². The number of carbonyl (C=O) groups is 1. The third kappa shape index (κ3) is 5.67. The average molecular weight is 370 g/mol. The number of nitrogens with zero attached hydrogens (tertiary/aromatic N) is 1. The summed E-state index contributed by atoms with van der Waals surface area (Å²) in [5.41, 5.74) is 1.62. The second-order valence-electron chi connectivity index (χ2n) is 5.28. The van der Waals surface area contributed by atoms with Crippen molar-refractivity contribution in [3.05, 3.63) is 54.4 Å². The van der Waals surface area contributed by atoms with E-state index in [1.807, 2.05) is 42.5 Å². The number of aromatic nitrogens is 1. The number of halogens is 2. The Morgan fingerprint density at radius 3 is 2.83 bits per heavy atom. The molecule has 1 aromatic heterocycles. The zero-order valence-electron chi connectivity index (χ0n) is 13.1. The van der Waals surface area contributed by atoms with Gasteiger partial charge in [-0.05, 0) is 43.7 Å². The van der Waals surface area contributed by atoms with Gasteiger partial charge in [-0.25, -0.2) is 0 Å². The predicted octanol–water partition coefficient (Wildman–Crippen LogP) is 3.19. The largest absolute Gasteiger partial charge is 0.487 e. The van der Waals surface area contributed by atoms with Gasteiger partial charge < -0.3 is 15.4 Å². The standard InChI is InChI=1S/C17H19N3O2.2ClH/c21-17(16-8-4-10-19-16)20-13-6-3-7-15(11-13)22-12-14-5-1-2-9-18-14;;/h1-3,5-7,9,11,16,19H,4,8,10,12H2,(H,20,21);2*1H. The van der Waals surface area contributed by atoms with E-state index in [0.29, 0.717) is 12.4 Å². The summed E-state index contributed by atoms with van der Waals surface area (Å²) in [6, 6.07) is 13.1. The monoisotopic (exact) mass is 369 g/mol. The van der Waals surface area contributed by atoms with E-state index in [-0.39, 0.29) is 36.8 Å². The first-order valence-corrected chi connectivity index (χ1v) is 7.48. The topological polar surface area (TPSA) is 63.2 Å². The summed E-state index contributed by atoms with van der Waals surface area (Å²) in [6.45, 7) is 1.31. The second-order valence-corrected chi connectivity index (χ2v) is 5.28. The highest BCUT2D eigenvalue weighted by Crippen LogP contribution is 2.19. The molecule has 0 aliphatic carbocycles. The van der Waals surface area contributed by atoms with Crippen LogP contribution in [0.2, 0.25) is 0 Å². The summed E-state index contributed by atoms with van der Waals surface area (Å²) in [6.07, 6.45) is 3.68. The van der Waals surface area contributed by atoms with Gasteiger partial charge in [-0.1, -0.05) is 12.1 Å². The maximum atomic E-state index is 12.1. The van der Waals surface area contributed by atoms with E-state index in [9.17, 15) is 4.79 Å². The van der Waals surface area contributed by atoms with E-state index in [4.69, 9.17) is 4.74 Å². The third-order valence-electron chi connectivity index (χ3n) is 3.59. The lowest BCUT2D eigenvalue weighted by molar-refractivity contribution is -0.117. The summed E-state index contributed by atoms with van der Waals surface area (Å²) in [5.74, 6) is 0.724. The molecule has 1 saturated heterocycles. The highest BCUT2D eigenvalue weighted by atomic mass is 35.5. The molecule has 2 N–H and O–H groups in total. The van der Waals surface area contributed by atoms with Gasteiger partial charge in [-0.2, -0.15) is 0 Å². The summed E-state index contributed by atoms with van der Waals surface area (Å²) >= 11 is 0. The zero-order valence-corrected chi connectivity index (χ0v) is 14.7. The fraction of sp³-hybridized carbons (Fsp3) is 0.294. The molecule has 130 valence electrons. The molecular weight excluding hydrogens is 349 g/mol. The van der Waals surface area contributed by atoms with Gasteiger partial charge in [0.15, 0.2) is 0 Å². The molecule has 1 amide bonds. The number of hydrogen-bond acceptors (Lipinski definition) is 4. The van der Waals surface area contributed by atoms with Crippen LogP contribution in [0.4, 0.5) is 5.69 Å². The Kier molecular flexibility index (Phi) is 8.54. The van der Waals surface area contributed by atoms with Crippen LogP contribution in [-0.2, 0) is 11.4 Å². The lowest BCUT2D eigenvalue weighted by atomic mass is 10.2. The van der Waals surface area contributed by atoms with Crippen molar-refractivity contribution >= 4 is 36.4 Å². The number of pyridine rings is 1. The van der Waals surface area contributed by atoms with Crippen molar-refractivity contribution in [1.82, 2.24) is 10.3 Å². The van der Waals surface area contributed by atoms with Crippen LogP contribution in [0, 0.1) is 0 Å². The third-order valence-corrected chi connectivity index (χ3v) is 3.59. The number of benzene rings is 1. The second kappa shape index (κ2) is 10.1. The van der Waals surface area contributed by atoms with Crippen molar-refractivity contribution in [3.63, 3.8) is 0 Å². The molecule has 2 aromatic rings. The average Bonchev–Trinajstić information content (AvgIpc) is 3.09. The Balaban J connectivity index is 0.00000144. The van der Waals surface area contributed by atoms with Crippen LogP contribution in [0.15, 0.2) is 48.7 Å². The highest BCUT2D eigenvalue weighted by molar-refractivity contribution is 5.95. The summed E-state index contributed by atoms with van der Waals surface area (Å²) in [5, 5.41) is 6.11. The molecular formula is C17H21Cl2N3O2. The summed E-state index contributed by atoms with van der Waals surface area (Å²) in [4.78, 5) is 16.3. The van der Waals surface area contributed by atoms with Crippen molar-refractivity contribution in [2.45, 2.75) is 25.5 Å². The Morgan fingerprint density at radius 1 is 1.25 bits per heavy atom. The highest BCUT2D eigenvalue weighted by Gasteiger charge is 2.21. The first-order valence-electron chi connectivity index (χ1n) is 7.48. The molecule has 24 heavy (non-hydrogen) atoms. The molecule has 0 spiro atoms. The fourth-order valence-electron chi connectivity index (χ4n) is 2.44. The van der Waals surface area contributed by atoms with E-state index < -0.39 is 0 Å². The molecule has 0 bridgehead atoms. The first-order chi connectivity index (χ1) is 10.8. The molecule has 2 heterocycles. The minimum Gasteiger partial charge on any atom is -0.487 e. The lowest BCUT2D eigenvalue weighted by Gasteiger charge is -2.12. The number of carbonyl (C=O) groups excluding carboxylic acids is 1. The van der Waals surface area contributed by atoms with Crippen molar-refractivity contribution in [2.24, 2.45) is 0 Å². The number of anilines is 1. The SMILES string of the molecule is Cl.Cl.O=C(Nc1cccc(OCc2ccccn2)c1)C1CCCN1. The molecule has 1 fully saturated rings. The molecule has 3 rings (SSSR count). The van der Waals surface area contributed by atoms with Crippen molar-refractivity contribution < 1.29 is 9.53 Å². The van der Waals surface area contributed by atoms with E-state index >= 15 is 0 Å². The summed E-state index contributed by atoms with van der Waals surface area (Å²) < 4.78 is 5.71. The van der Waals surface area contributed by atoms with E-state index in [1.54, 1.807) is 6.20 Å². The van der Waals surface area contributed by atoms with Crippen LogP contribution in [0.25, 0.3) is 0 Å². The number of hydrogen-bond donors (Lipinski definition) is 2. The van der Waals surface area contributed by atoms with Gasteiger partial charge in [0, 0.05) is 18.0 Å². The Bertz CT molecular complexity index is 635. The lowest BCUT2D eigenvalue weighted by Crippen LogP contribution is -2.35. The van der Waals surface area contributed by atoms with Crippen molar-refractivity contribution in [2.75, 3.05) is 11.9 Å². The van der Waals surface area contributed by atoms with Crippen LogP contribution < -0.4 is 15.4 Å². The van der Waals surface area contributed by atoms with E-state index in [0.717, 1.165) is 30.8 Å². The smallest absolute Gasteiger partial charge is 0.241 e. The van der Waals surface area contributed by atoms with Gasteiger partial charge in [0.2, 0.25) is 5.91 Å². The Morgan fingerprint density at radius 2 is 2.12 bits per heavy atom. The predicted molar refractivity (Wildman–Crippen MR) is 99.2 cm³/mol. The van der Waals surface area contributed by atoms with E-state index in [2.05, 4.69) is 15.6 Å². The molecule has 1 aliphatic rings. The maximum Gasteiger partial charge on any atom is 0.241 e. The van der Waals surface area contributed by atoms with Crippen LogP contribution in [0.5, 0.6) is 5.75 Å². The number of amides is 1. The first kappa shape index (κ1) is 20.2. The minimum absolute atomic E-state index is 0. The van der Waals surface area contributed by atoms with Crippen LogP contribution >= 0.6 is 24.8 Å². The van der Waals surface area contributed by atoms with Gasteiger partial charge in [0.1, 0.15) is 12.4 Å². The maximum absolute atomic E-state index is 12.1. The number of ether oxygens (including phenoxy) is 1. The van der Waals surface area contributed by atoms with Crippen LogP contribution in [0.3, 0.4) is 0 Å². The molecule has 1 aromatic carbocycles. The normalized spacial score (nSPS) is 15.8. The Labute approximate surface area is 154 Å². The molecule has 0 saturated carbocycles. The van der Waals surface area contributed by atoms with Crippen LogP contribution in [-0.4, -0.2) is 23.5 Å².